The monoisotopic (exact) mass is 721 g/mol. The van der Waals surface area contributed by atoms with Crippen molar-refractivity contribution in [3.05, 3.63) is 119 Å². The Morgan fingerprint density at radius 1 is 0.582 bits per heavy atom. The molecule has 0 amide bonds. The molecule has 3 nitrogen and oxygen atoms in total. The molecule has 4 aliphatic rings. The number of nitrogens with zero attached hydrogens (tertiary/aromatic N) is 3. The molecule has 1 aromatic heterocycles. The van der Waals surface area contributed by atoms with Gasteiger partial charge in [0.1, 0.15) is 5.82 Å². The van der Waals surface area contributed by atoms with E-state index in [9.17, 15) is 0 Å². The summed E-state index contributed by atoms with van der Waals surface area (Å²) in [4.78, 5) is 8.16. The van der Waals surface area contributed by atoms with Crippen LogP contribution in [0, 0.1) is 0 Å². The second-order valence-electron chi connectivity index (χ2n) is 21.0. The van der Waals surface area contributed by atoms with E-state index in [2.05, 4.69) is 177 Å². The molecule has 55 heavy (non-hydrogen) atoms. The molecule has 2 aliphatic heterocycles. The lowest BCUT2D eigenvalue weighted by atomic mass is 9.44. The van der Waals surface area contributed by atoms with Gasteiger partial charge in [-0.3, -0.25) is 0 Å². The molecule has 0 spiro atoms. The van der Waals surface area contributed by atoms with Gasteiger partial charge in [0.15, 0.2) is 0 Å². The van der Waals surface area contributed by atoms with Gasteiger partial charge in [-0.05, 0) is 127 Å². The highest BCUT2D eigenvalue weighted by Gasteiger charge is 2.47. The van der Waals surface area contributed by atoms with Gasteiger partial charge in [0, 0.05) is 28.2 Å². The van der Waals surface area contributed by atoms with Gasteiger partial charge < -0.3 is 9.38 Å². The fourth-order valence-electron chi connectivity index (χ4n) is 10.8. The minimum atomic E-state index is -0.0442. The number of rotatable bonds is 2. The Morgan fingerprint density at radius 3 is 1.85 bits per heavy atom. The van der Waals surface area contributed by atoms with E-state index in [1.807, 2.05) is 0 Å². The highest BCUT2D eigenvalue weighted by Crippen LogP contribution is 2.53. The zero-order valence-corrected chi connectivity index (χ0v) is 34.9. The van der Waals surface area contributed by atoms with Crippen LogP contribution in [0.5, 0.6) is 0 Å². The average Bonchev–Trinajstić information content (AvgIpc) is 3.53. The van der Waals surface area contributed by atoms with Gasteiger partial charge in [-0.2, -0.15) is 0 Å². The van der Waals surface area contributed by atoms with Crippen molar-refractivity contribution < 1.29 is 0 Å². The Labute approximate surface area is 329 Å². The largest absolute Gasteiger partial charge is 0.359 e. The maximum absolute atomic E-state index is 5.48. The van der Waals surface area contributed by atoms with Crippen LogP contribution in [0.2, 0.25) is 0 Å². The first-order valence-corrected chi connectivity index (χ1v) is 20.8. The number of para-hydroxylation sites is 1. The molecule has 278 valence electrons. The summed E-state index contributed by atoms with van der Waals surface area (Å²) in [5.74, 6) is 1.04. The Hall–Kier alpha value is -4.57. The summed E-state index contributed by atoms with van der Waals surface area (Å²) in [6, 6.07) is 35.5. The summed E-state index contributed by atoms with van der Waals surface area (Å²) in [6.45, 7) is 26.7. The molecular weight excluding hydrogens is 665 g/mol. The van der Waals surface area contributed by atoms with Gasteiger partial charge in [0.05, 0.1) is 11.0 Å². The SMILES string of the molecule is CC(C)(C)c1cc2c3c(c1)N(c1ccc4c(c1)C(C)(C)CCC4(C)C)c1cc4c(cc1B3n1c(-c3ccccc3)nc3cccc-2c31)C(C)(C)CCC4(C)C. The number of anilines is 3. The quantitative estimate of drug-likeness (QED) is 0.166. The lowest BCUT2D eigenvalue weighted by Crippen LogP contribution is -2.57. The summed E-state index contributed by atoms with van der Waals surface area (Å²) in [6.07, 6.45) is 4.76. The van der Waals surface area contributed by atoms with Crippen LogP contribution in [0.4, 0.5) is 17.1 Å². The molecule has 4 heteroatoms. The first-order chi connectivity index (χ1) is 25.9. The lowest BCUT2D eigenvalue weighted by Gasteiger charge is -2.47. The third-order valence-electron chi connectivity index (χ3n) is 14.5. The zero-order valence-electron chi connectivity index (χ0n) is 34.9. The molecule has 0 unspecified atom stereocenters. The van der Waals surface area contributed by atoms with Gasteiger partial charge in [0.25, 0.3) is 0 Å². The number of hydrogen-bond acceptors (Lipinski definition) is 2. The summed E-state index contributed by atoms with van der Waals surface area (Å²) < 4.78 is 2.62. The van der Waals surface area contributed by atoms with Crippen LogP contribution < -0.4 is 15.8 Å². The fraction of sp³-hybridized carbons (Fsp3) is 0.392. The smallest absolute Gasteiger partial charge is 0.334 e. The zero-order chi connectivity index (χ0) is 38.6. The first kappa shape index (κ1) is 34.9. The van der Waals surface area contributed by atoms with Crippen molar-refractivity contribution in [1.29, 1.82) is 0 Å². The van der Waals surface area contributed by atoms with Crippen LogP contribution in [-0.4, -0.2) is 16.3 Å². The molecule has 0 radical (unpaired) electrons. The average molecular weight is 722 g/mol. The third kappa shape index (κ3) is 4.92. The third-order valence-corrected chi connectivity index (χ3v) is 14.5. The fourth-order valence-corrected chi connectivity index (χ4v) is 10.8. The number of fused-ring (bicyclic) bond motifs is 6. The summed E-state index contributed by atoms with van der Waals surface area (Å²) in [5.41, 5.74) is 20.5. The molecule has 0 saturated carbocycles. The van der Waals surface area contributed by atoms with Crippen LogP contribution in [-0.2, 0) is 27.1 Å². The van der Waals surface area contributed by atoms with Gasteiger partial charge in [0.2, 0.25) is 0 Å². The van der Waals surface area contributed by atoms with Crippen molar-refractivity contribution in [2.24, 2.45) is 0 Å². The Kier molecular flexibility index (Phi) is 7.01. The van der Waals surface area contributed by atoms with E-state index in [0.717, 1.165) is 16.9 Å². The second-order valence-corrected chi connectivity index (χ2v) is 21.0. The maximum Gasteiger partial charge on any atom is 0.334 e. The predicted octanol–water partition coefficient (Wildman–Crippen LogP) is 12.1. The Bertz CT molecular complexity index is 2590. The number of aromatic nitrogens is 2. The minimum Gasteiger partial charge on any atom is -0.359 e. The first-order valence-electron chi connectivity index (χ1n) is 20.8. The van der Waals surface area contributed by atoms with E-state index in [1.54, 1.807) is 0 Å². The summed E-state index contributed by atoms with van der Waals surface area (Å²) in [7, 11) is 0. The van der Waals surface area contributed by atoms with Crippen LogP contribution >= 0.6 is 0 Å². The standard InChI is InChI=1S/C51H56BN3/c1-47(2,3)32-26-35-34-18-15-19-41-45(34)55(46(53-41)31-16-13-12-14-17-31)52-40-29-38-39(51(10,11)25-24-50(38,8)9)30-42(40)54(43(27-32)44(35)52)33-20-21-36-37(28-33)49(6,7)23-22-48(36,4)5/h12-21,26-30H,22-25H2,1-11H3. The maximum atomic E-state index is 5.48. The van der Waals surface area contributed by atoms with Crippen molar-refractivity contribution >= 4 is 45.9 Å². The lowest BCUT2D eigenvalue weighted by molar-refractivity contribution is 0.332. The van der Waals surface area contributed by atoms with Gasteiger partial charge in [-0.25, -0.2) is 4.98 Å². The van der Waals surface area contributed by atoms with E-state index in [4.69, 9.17) is 4.98 Å². The van der Waals surface area contributed by atoms with Crippen LogP contribution in [0.1, 0.15) is 130 Å². The van der Waals surface area contributed by atoms with Crippen molar-refractivity contribution in [1.82, 2.24) is 9.46 Å². The van der Waals surface area contributed by atoms with E-state index in [-0.39, 0.29) is 33.9 Å². The van der Waals surface area contributed by atoms with Crippen molar-refractivity contribution in [2.45, 2.75) is 129 Å². The van der Waals surface area contributed by atoms with Crippen LogP contribution in [0.15, 0.2) is 91.0 Å². The summed E-state index contributed by atoms with van der Waals surface area (Å²) >= 11 is 0. The molecule has 0 bridgehead atoms. The second kappa shape index (κ2) is 11.1. The molecule has 0 fully saturated rings. The number of hydrogen-bond donors (Lipinski definition) is 0. The van der Waals surface area contributed by atoms with Crippen molar-refractivity contribution in [3.63, 3.8) is 0 Å². The topological polar surface area (TPSA) is 21.1 Å². The number of benzene rings is 5. The van der Waals surface area contributed by atoms with Crippen molar-refractivity contribution in [3.8, 4) is 22.5 Å². The normalized spacial score (nSPS) is 19.4. The molecular formula is C51H56BN3. The highest BCUT2D eigenvalue weighted by molar-refractivity contribution is 6.89. The molecule has 0 saturated heterocycles. The molecule has 6 aromatic rings. The molecule has 10 rings (SSSR count). The van der Waals surface area contributed by atoms with E-state index >= 15 is 0 Å². The molecule has 3 heterocycles. The molecule has 2 aliphatic carbocycles. The minimum absolute atomic E-state index is 0.0282. The number of imidazole rings is 1. The van der Waals surface area contributed by atoms with Gasteiger partial charge >= 0.3 is 6.85 Å². The Balaban J connectivity index is 1.37. The summed E-state index contributed by atoms with van der Waals surface area (Å²) in [5, 5.41) is 0. The molecule has 5 aromatic carbocycles. The molecule has 0 atom stereocenters. The van der Waals surface area contributed by atoms with Crippen LogP contribution in [0.3, 0.4) is 0 Å². The highest BCUT2D eigenvalue weighted by atomic mass is 15.2. The van der Waals surface area contributed by atoms with E-state index in [0.29, 0.717) is 0 Å². The Morgan fingerprint density at radius 2 is 1.20 bits per heavy atom. The predicted molar refractivity (Wildman–Crippen MR) is 235 cm³/mol. The van der Waals surface area contributed by atoms with Gasteiger partial charge in [-0.1, -0.05) is 137 Å². The van der Waals surface area contributed by atoms with E-state index < -0.39 is 0 Å². The van der Waals surface area contributed by atoms with Crippen molar-refractivity contribution in [2.75, 3.05) is 4.90 Å². The van der Waals surface area contributed by atoms with E-state index in [1.165, 1.54) is 98.1 Å². The molecule has 0 N–H and O–H groups in total. The van der Waals surface area contributed by atoms with Crippen LogP contribution in [0.25, 0.3) is 33.5 Å². The van der Waals surface area contributed by atoms with Gasteiger partial charge in [-0.15, -0.1) is 0 Å².